The first-order valence-electron chi connectivity index (χ1n) is 6.07. The molecule has 0 spiro atoms. The zero-order chi connectivity index (χ0) is 11.8. The SMILES string of the molecule is Cc1cccc(-c2cn3c(n2)CCCC3O)c1. The van der Waals surface area contributed by atoms with Crippen molar-refractivity contribution in [3.8, 4) is 11.3 Å². The van der Waals surface area contributed by atoms with Crippen molar-refractivity contribution in [1.29, 1.82) is 0 Å². The lowest BCUT2D eigenvalue weighted by molar-refractivity contribution is 0.0781. The maximum absolute atomic E-state index is 9.90. The van der Waals surface area contributed by atoms with Gasteiger partial charge >= 0.3 is 0 Å². The molecular formula is C14H16N2O. The van der Waals surface area contributed by atoms with Gasteiger partial charge in [-0.25, -0.2) is 4.98 Å². The number of aliphatic hydroxyl groups excluding tert-OH is 1. The number of aryl methyl sites for hydroxylation is 2. The summed E-state index contributed by atoms with van der Waals surface area (Å²) in [6.07, 6.45) is 4.38. The van der Waals surface area contributed by atoms with E-state index in [0.717, 1.165) is 36.3 Å². The van der Waals surface area contributed by atoms with Crippen LogP contribution in [0, 0.1) is 6.92 Å². The zero-order valence-electron chi connectivity index (χ0n) is 9.93. The molecule has 88 valence electrons. The molecule has 1 N–H and O–H groups in total. The molecule has 2 aromatic rings. The summed E-state index contributed by atoms with van der Waals surface area (Å²) in [5.74, 6) is 1.00. The third-order valence-corrected chi connectivity index (χ3v) is 3.31. The van der Waals surface area contributed by atoms with Crippen LogP contribution in [-0.2, 0) is 6.42 Å². The number of hydrogen-bond donors (Lipinski definition) is 1. The number of imidazole rings is 1. The van der Waals surface area contributed by atoms with Crippen LogP contribution in [-0.4, -0.2) is 14.7 Å². The maximum Gasteiger partial charge on any atom is 0.131 e. The fourth-order valence-corrected chi connectivity index (χ4v) is 2.40. The summed E-state index contributed by atoms with van der Waals surface area (Å²) < 4.78 is 1.90. The van der Waals surface area contributed by atoms with Crippen molar-refractivity contribution in [2.45, 2.75) is 32.4 Å². The van der Waals surface area contributed by atoms with E-state index in [-0.39, 0.29) is 0 Å². The number of nitrogens with zero attached hydrogens (tertiary/aromatic N) is 2. The van der Waals surface area contributed by atoms with E-state index in [2.05, 4.69) is 30.1 Å². The molecule has 1 aliphatic heterocycles. The van der Waals surface area contributed by atoms with E-state index < -0.39 is 6.23 Å². The molecular weight excluding hydrogens is 212 g/mol. The lowest BCUT2D eigenvalue weighted by Gasteiger charge is -2.19. The largest absolute Gasteiger partial charge is 0.373 e. The Kier molecular flexibility index (Phi) is 2.48. The van der Waals surface area contributed by atoms with Gasteiger partial charge in [0.2, 0.25) is 0 Å². The highest BCUT2D eigenvalue weighted by atomic mass is 16.3. The predicted molar refractivity (Wildman–Crippen MR) is 66.6 cm³/mol. The van der Waals surface area contributed by atoms with E-state index >= 15 is 0 Å². The first kappa shape index (κ1) is 10.5. The lowest BCUT2D eigenvalue weighted by Crippen LogP contribution is -2.16. The van der Waals surface area contributed by atoms with Crippen LogP contribution in [0.5, 0.6) is 0 Å². The minimum Gasteiger partial charge on any atom is -0.373 e. The number of fused-ring (bicyclic) bond motifs is 1. The Morgan fingerprint density at radius 3 is 3.06 bits per heavy atom. The Bertz CT molecular complexity index is 545. The molecule has 1 aromatic heterocycles. The summed E-state index contributed by atoms with van der Waals surface area (Å²) in [5.41, 5.74) is 3.32. The Balaban J connectivity index is 2.05. The highest BCUT2D eigenvalue weighted by Crippen LogP contribution is 2.27. The number of benzene rings is 1. The first-order valence-corrected chi connectivity index (χ1v) is 6.07. The standard InChI is InChI=1S/C14H16N2O/c1-10-4-2-5-11(8-10)12-9-16-13(15-12)6-3-7-14(16)17/h2,4-5,8-9,14,17H,3,6-7H2,1H3. The molecule has 1 aliphatic rings. The number of aliphatic hydroxyl groups is 1. The van der Waals surface area contributed by atoms with Gasteiger partial charge in [-0.1, -0.05) is 23.8 Å². The van der Waals surface area contributed by atoms with Gasteiger partial charge in [0.15, 0.2) is 0 Å². The molecule has 0 fully saturated rings. The van der Waals surface area contributed by atoms with E-state index in [0.29, 0.717) is 0 Å². The van der Waals surface area contributed by atoms with Gasteiger partial charge in [0.25, 0.3) is 0 Å². The van der Waals surface area contributed by atoms with Gasteiger partial charge < -0.3 is 9.67 Å². The van der Waals surface area contributed by atoms with Crippen molar-refractivity contribution in [1.82, 2.24) is 9.55 Å². The minimum absolute atomic E-state index is 0.398. The Labute approximate surface area is 101 Å². The summed E-state index contributed by atoms with van der Waals surface area (Å²) in [7, 11) is 0. The van der Waals surface area contributed by atoms with Crippen molar-refractivity contribution < 1.29 is 5.11 Å². The fourth-order valence-electron chi connectivity index (χ4n) is 2.40. The van der Waals surface area contributed by atoms with Gasteiger partial charge in [-0.2, -0.15) is 0 Å². The Morgan fingerprint density at radius 1 is 1.41 bits per heavy atom. The first-order chi connectivity index (χ1) is 8.24. The minimum atomic E-state index is -0.398. The average Bonchev–Trinajstić information content (AvgIpc) is 2.74. The third kappa shape index (κ3) is 1.87. The van der Waals surface area contributed by atoms with Crippen LogP contribution < -0.4 is 0 Å². The molecule has 0 bridgehead atoms. The van der Waals surface area contributed by atoms with Crippen molar-refractivity contribution in [3.63, 3.8) is 0 Å². The second-order valence-electron chi connectivity index (χ2n) is 4.69. The summed E-state index contributed by atoms with van der Waals surface area (Å²) in [6, 6.07) is 8.31. The van der Waals surface area contributed by atoms with Crippen LogP contribution in [0.25, 0.3) is 11.3 Å². The second kappa shape index (κ2) is 4.00. The van der Waals surface area contributed by atoms with Crippen LogP contribution in [0.4, 0.5) is 0 Å². The molecule has 3 nitrogen and oxygen atoms in total. The van der Waals surface area contributed by atoms with E-state index in [1.807, 2.05) is 16.8 Å². The van der Waals surface area contributed by atoms with E-state index in [4.69, 9.17) is 0 Å². The van der Waals surface area contributed by atoms with Crippen molar-refractivity contribution in [3.05, 3.63) is 41.9 Å². The summed E-state index contributed by atoms with van der Waals surface area (Å²) >= 11 is 0. The van der Waals surface area contributed by atoms with Gasteiger partial charge in [-0.05, 0) is 25.8 Å². The monoisotopic (exact) mass is 228 g/mol. The van der Waals surface area contributed by atoms with Gasteiger partial charge in [0.05, 0.1) is 5.69 Å². The number of aromatic nitrogens is 2. The summed E-state index contributed by atoms with van der Waals surface area (Å²) in [4.78, 5) is 4.62. The smallest absolute Gasteiger partial charge is 0.131 e. The van der Waals surface area contributed by atoms with Crippen LogP contribution in [0.1, 0.15) is 30.5 Å². The molecule has 1 aromatic carbocycles. The molecule has 1 unspecified atom stereocenters. The summed E-state index contributed by atoms with van der Waals surface area (Å²) in [5, 5.41) is 9.90. The highest BCUT2D eigenvalue weighted by Gasteiger charge is 2.19. The average molecular weight is 228 g/mol. The third-order valence-electron chi connectivity index (χ3n) is 3.31. The predicted octanol–water partition coefficient (Wildman–Crippen LogP) is 2.69. The van der Waals surface area contributed by atoms with E-state index in [1.54, 1.807) is 0 Å². The Morgan fingerprint density at radius 2 is 2.29 bits per heavy atom. The number of rotatable bonds is 1. The van der Waals surface area contributed by atoms with Gasteiger partial charge in [-0.15, -0.1) is 0 Å². The van der Waals surface area contributed by atoms with Gasteiger partial charge in [-0.3, -0.25) is 0 Å². The van der Waals surface area contributed by atoms with Crippen LogP contribution in [0.15, 0.2) is 30.5 Å². The van der Waals surface area contributed by atoms with E-state index in [9.17, 15) is 5.11 Å². The number of hydrogen-bond acceptors (Lipinski definition) is 2. The molecule has 17 heavy (non-hydrogen) atoms. The van der Waals surface area contributed by atoms with Crippen LogP contribution in [0.3, 0.4) is 0 Å². The van der Waals surface area contributed by atoms with Gasteiger partial charge in [0, 0.05) is 18.2 Å². The van der Waals surface area contributed by atoms with Crippen LogP contribution in [0.2, 0.25) is 0 Å². The van der Waals surface area contributed by atoms with Gasteiger partial charge in [0.1, 0.15) is 12.1 Å². The molecule has 1 atom stereocenters. The molecule has 3 heteroatoms. The van der Waals surface area contributed by atoms with Crippen LogP contribution >= 0.6 is 0 Å². The molecule has 0 amide bonds. The molecule has 0 aliphatic carbocycles. The normalized spacial score (nSPS) is 19.1. The summed E-state index contributed by atoms with van der Waals surface area (Å²) in [6.45, 7) is 2.08. The molecule has 2 heterocycles. The molecule has 0 radical (unpaired) electrons. The lowest BCUT2D eigenvalue weighted by atomic mass is 10.1. The molecule has 0 saturated carbocycles. The zero-order valence-corrected chi connectivity index (χ0v) is 9.93. The molecule has 3 rings (SSSR count). The second-order valence-corrected chi connectivity index (χ2v) is 4.69. The fraction of sp³-hybridized carbons (Fsp3) is 0.357. The molecule has 0 saturated heterocycles. The maximum atomic E-state index is 9.90. The van der Waals surface area contributed by atoms with Crippen molar-refractivity contribution >= 4 is 0 Å². The topological polar surface area (TPSA) is 38.0 Å². The van der Waals surface area contributed by atoms with Crippen molar-refractivity contribution in [2.75, 3.05) is 0 Å². The Hall–Kier alpha value is -1.61. The van der Waals surface area contributed by atoms with E-state index in [1.165, 1.54) is 5.56 Å². The van der Waals surface area contributed by atoms with Crippen molar-refractivity contribution in [2.24, 2.45) is 0 Å². The highest BCUT2D eigenvalue weighted by molar-refractivity contribution is 5.59. The quantitative estimate of drug-likeness (QED) is 0.815.